The fourth-order valence-electron chi connectivity index (χ4n) is 5.77. The number of nitrogen functional groups attached to an aromatic ring is 1. The Morgan fingerprint density at radius 3 is 2.76 bits per heavy atom. The van der Waals surface area contributed by atoms with Crippen molar-refractivity contribution in [2.24, 2.45) is 0 Å². The Morgan fingerprint density at radius 2 is 1.91 bits per heavy atom. The zero-order valence-electron chi connectivity index (χ0n) is 18.3. The predicted molar refractivity (Wildman–Crippen MR) is 131 cm³/mol. The lowest BCUT2D eigenvalue weighted by atomic mass is 9.98. The van der Waals surface area contributed by atoms with Gasteiger partial charge in [-0.25, -0.2) is 4.98 Å². The molecule has 8 heteroatoms. The molecule has 7 nitrogen and oxygen atoms in total. The van der Waals surface area contributed by atoms with E-state index in [0.29, 0.717) is 29.5 Å². The molecule has 0 radical (unpaired) electrons. The monoisotopic (exact) mass is 456 g/mol. The summed E-state index contributed by atoms with van der Waals surface area (Å²) in [6.45, 7) is 0. The molecule has 2 N–H and O–H groups in total. The van der Waals surface area contributed by atoms with Gasteiger partial charge < -0.3 is 15.1 Å². The van der Waals surface area contributed by atoms with Crippen LogP contribution in [0.4, 0.5) is 5.82 Å². The first-order valence-electron chi connectivity index (χ1n) is 11.4. The Labute approximate surface area is 195 Å². The summed E-state index contributed by atoms with van der Waals surface area (Å²) >= 11 is 1.47. The van der Waals surface area contributed by atoms with E-state index < -0.39 is 0 Å². The molecule has 4 aromatic heterocycles. The molecule has 1 aromatic carbocycles. The number of rotatable bonds is 3. The van der Waals surface area contributed by atoms with E-state index in [4.69, 9.17) is 15.2 Å². The average Bonchev–Trinajstić information content (AvgIpc) is 3.60. The molecule has 0 aliphatic carbocycles. The van der Waals surface area contributed by atoms with Crippen molar-refractivity contribution >= 4 is 38.4 Å². The topological polar surface area (TPSA) is 86.0 Å². The summed E-state index contributed by atoms with van der Waals surface area (Å²) in [5.41, 5.74) is 9.90. The van der Waals surface area contributed by atoms with Crippen LogP contribution in [0.1, 0.15) is 31.7 Å². The van der Waals surface area contributed by atoms with Gasteiger partial charge in [0.2, 0.25) is 0 Å². The highest BCUT2D eigenvalue weighted by Gasteiger charge is 2.39. The molecule has 0 saturated carbocycles. The molecule has 2 aliphatic heterocycles. The molecule has 2 saturated heterocycles. The second-order valence-corrected chi connectivity index (χ2v) is 10.1. The fourth-order valence-corrected chi connectivity index (χ4v) is 6.54. The van der Waals surface area contributed by atoms with Crippen molar-refractivity contribution in [3.05, 3.63) is 49.1 Å². The van der Waals surface area contributed by atoms with Crippen LogP contribution in [0.5, 0.6) is 0 Å². The van der Waals surface area contributed by atoms with Gasteiger partial charge >= 0.3 is 0 Å². The average molecular weight is 457 g/mol. The van der Waals surface area contributed by atoms with Gasteiger partial charge in [-0.15, -0.1) is 0 Å². The Bertz CT molecular complexity index is 1490. The van der Waals surface area contributed by atoms with Crippen molar-refractivity contribution in [1.82, 2.24) is 24.0 Å². The molecule has 2 fully saturated rings. The van der Waals surface area contributed by atoms with E-state index in [2.05, 4.69) is 50.4 Å². The summed E-state index contributed by atoms with van der Waals surface area (Å²) in [7, 11) is 2.27. The van der Waals surface area contributed by atoms with Gasteiger partial charge in [0, 0.05) is 58.1 Å². The minimum absolute atomic E-state index is 0.399. The molecular weight excluding hydrogens is 432 g/mol. The number of hydrogen-bond donors (Lipinski definition) is 1. The number of anilines is 1. The molecule has 7 rings (SSSR count). The maximum atomic E-state index is 6.25. The van der Waals surface area contributed by atoms with Gasteiger partial charge in [-0.1, -0.05) is 12.1 Å². The summed E-state index contributed by atoms with van der Waals surface area (Å²) in [6, 6.07) is 10.0. The summed E-state index contributed by atoms with van der Waals surface area (Å²) in [6.07, 6.45) is 12.8. The standard InChI is InChI=1S/C25H24N6OS/c1-30-16-5-6-17(30)8-18(7-16)31-13-15(10-28-31)21-12-27-25(26)23-20(21)9-22(32-23)19-4-2-3-14-11-29-33-24(14)19/h2-4,9-13,16-18H,5-8H2,1H3,(H2,26,27)/t16-,17+,18?. The van der Waals surface area contributed by atoms with Crippen LogP contribution in [0.3, 0.4) is 0 Å². The summed E-state index contributed by atoms with van der Waals surface area (Å²) in [5.74, 6) is 1.18. The minimum atomic E-state index is 0.399. The molecule has 1 unspecified atom stereocenters. The third-order valence-corrected chi connectivity index (χ3v) is 8.44. The normalized spacial score (nSPS) is 23.1. The Hall–Kier alpha value is -3.23. The molecule has 3 atom stereocenters. The first-order valence-corrected chi connectivity index (χ1v) is 12.2. The number of hydrogen-bond acceptors (Lipinski definition) is 7. The van der Waals surface area contributed by atoms with Crippen molar-refractivity contribution < 1.29 is 4.42 Å². The highest BCUT2D eigenvalue weighted by atomic mass is 32.1. The van der Waals surface area contributed by atoms with Gasteiger partial charge in [0.05, 0.1) is 16.9 Å². The van der Waals surface area contributed by atoms with Crippen LogP contribution >= 0.6 is 11.5 Å². The number of piperidine rings is 1. The number of aromatic nitrogens is 4. The number of nitrogens with zero attached hydrogens (tertiary/aromatic N) is 5. The van der Waals surface area contributed by atoms with E-state index in [1.165, 1.54) is 24.4 Å². The van der Waals surface area contributed by atoms with E-state index in [0.717, 1.165) is 50.8 Å². The molecule has 2 bridgehead atoms. The molecule has 2 aliphatic rings. The maximum Gasteiger partial charge on any atom is 0.177 e. The molecule has 0 spiro atoms. The third-order valence-electron chi connectivity index (χ3n) is 7.59. The molecule has 0 amide bonds. The molecule has 33 heavy (non-hydrogen) atoms. The first-order chi connectivity index (χ1) is 16.2. The van der Waals surface area contributed by atoms with Gasteiger partial charge in [-0.05, 0) is 56.4 Å². The highest BCUT2D eigenvalue weighted by Crippen LogP contribution is 2.42. The summed E-state index contributed by atoms with van der Waals surface area (Å²) in [4.78, 5) is 7.00. The number of furan rings is 1. The van der Waals surface area contributed by atoms with Gasteiger partial charge in [-0.2, -0.15) is 9.47 Å². The lowest BCUT2D eigenvalue weighted by molar-refractivity contribution is 0.131. The first kappa shape index (κ1) is 19.3. The highest BCUT2D eigenvalue weighted by molar-refractivity contribution is 7.13. The van der Waals surface area contributed by atoms with Crippen LogP contribution in [0.2, 0.25) is 0 Å². The predicted octanol–water partition coefficient (Wildman–Crippen LogP) is 5.35. The van der Waals surface area contributed by atoms with Crippen LogP contribution in [0, 0.1) is 0 Å². The van der Waals surface area contributed by atoms with E-state index >= 15 is 0 Å². The number of nitrogens with two attached hydrogens (primary N) is 1. The second-order valence-electron chi connectivity index (χ2n) is 9.35. The fraction of sp³-hybridized carbons (Fsp3) is 0.320. The maximum absolute atomic E-state index is 6.25. The van der Waals surface area contributed by atoms with E-state index in [1.54, 1.807) is 0 Å². The molecule has 6 heterocycles. The second kappa shape index (κ2) is 7.13. The van der Waals surface area contributed by atoms with Gasteiger partial charge in [0.1, 0.15) is 5.76 Å². The molecule has 5 aromatic rings. The molecule has 166 valence electrons. The quantitative estimate of drug-likeness (QED) is 0.394. The van der Waals surface area contributed by atoms with Crippen molar-refractivity contribution in [3.8, 4) is 22.5 Å². The Kier molecular flexibility index (Phi) is 4.16. The largest absolute Gasteiger partial charge is 0.452 e. The smallest absolute Gasteiger partial charge is 0.177 e. The van der Waals surface area contributed by atoms with Gasteiger partial charge in [0.15, 0.2) is 11.4 Å². The summed E-state index contributed by atoms with van der Waals surface area (Å²) in [5, 5.41) is 6.84. The van der Waals surface area contributed by atoms with E-state index in [1.807, 2.05) is 24.7 Å². The third kappa shape index (κ3) is 2.94. The van der Waals surface area contributed by atoms with E-state index in [9.17, 15) is 0 Å². The van der Waals surface area contributed by atoms with Crippen LogP contribution in [0.25, 0.3) is 43.5 Å². The van der Waals surface area contributed by atoms with Crippen molar-refractivity contribution in [2.75, 3.05) is 12.8 Å². The zero-order valence-corrected chi connectivity index (χ0v) is 19.1. The number of fused-ring (bicyclic) bond motifs is 4. The molecular formula is C25H24N6OS. The number of benzene rings is 1. The van der Waals surface area contributed by atoms with Crippen LogP contribution in [-0.2, 0) is 0 Å². The Balaban J connectivity index is 1.30. The van der Waals surface area contributed by atoms with Crippen LogP contribution < -0.4 is 5.73 Å². The van der Waals surface area contributed by atoms with Crippen LogP contribution in [0.15, 0.2) is 53.5 Å². The van der Waals surface area contributed by atoms with Crippen molar-refractivity contribution in [3.63, 3.8) is 0 Å². The zero-order chi connectivity index (χ0) is 22.1. The minimum Gasteiger partial charge on any atom is -0.452 e. The van der Waals surface area contributed by atoms with Crippen molar-refractivity contribution in [2.45, 2.75) is 43.8 Å². The SMILES string of the molecule is CN1[C@@H]2CC[C@H]1CC(n1cc(-c3cnc(N)c4oc(-c5cccc6cnsc56)cc34)cn1)C2. The lowest BCUT2D eigenvalue weighted by Gasteiger charge is -2.36. The number of pyridine rings is 1. The van der Waals surface area contributed by atoms with Crippen LogP contribution in [-0.4, -0.2) is 43.2 Å². The summed E-state index contributed by atoms with van der Waals surface area (Å²) < 4.78 is 13.9. The van der Waals surface area contributed by atoms with Crippen molar-refractivity contribution in [1.29, 1.82) is 0 Å². The lowest BCUT2D eigenvalue weighted by Crippen LogP contribution is -2.40. The van der Waals surface area contributed by atoms with Gasteiger partial charge in [0.25, 0.3) is 0 Å². The Morgan fingerprint density at radius 1 is 1.06 bits per heavy atom. The van der Waals surface area contributed by atoms with E-state index in [-0.39, 0.29) is 0 Å². The van der Waals surface area contributed by atoms with Gasteiger partial charge in [-0.3, -0.25) is 4.68 Å².